The molecule has 0 saturated carbocycles. The predicted octanol–water partition coefficient (Wildman–Crippen LogP) is 2.96. The van der Waals surface area contributed by atoms with Crippen LogP contribution in [0.3, 0.4) is 0 Å². The van der Waals surface area contributed by atoms with Crippen LogP contribution in [0.2, 0.25) is 0 Å². The van der Waals surface area contributed by atoms with E-state index in [0.29, 0.717) is 18.8 Å². The first-order valence-electron chi connectivity index (χ1n) is 6.85. The second kappa shape index (κ2) is 7.59. The first-order chi connectivity index (χ1) is 9.34. The molecule has 20 heavy (non-hydrogen) atoms. The average Bonchev–Trinajstić information content (AvgIpc) is 2.74. The van der Waals surface area contributed by atoms with Crippen molar-refractivity contribution in [3.8, 4) is 0 Å². The number of nitrogens with zero attached hydrogens (tertiary/aromatic N) is 1. The quantitative estimate of drug-likeness (QED) is 0.767. The molecule has 1 aromatic rings. The molecule has 1 heterocycles. The van der Waals surface area contributed by atoms with Crippen LogP contribution < -0.4 is 5.32 Å². The van der Waals surface area contributed by atoms with Gasteiger partial charge < -0.3 is 9.73 Å². The van der Waals surface area contributed by atoms with Gasteiger partial charge in [-0.25, -0.2) is 8.42 Å². The molecule has 0 aromatic carbocycles. The highest BCUT2D eigenvalue weighted by Crippen LogP contribution is 2.29. The van der Waals surface area contributed by atoms with Crippen LogP contribution in [0.5, 0.6) is 0 Å². The van der Waals surface area contributed by atoms with Crippen molar-refractivity contribution in [2.45, 2.75) is 51.6 Å². The minimum atomic E-state index is -3.53. The largest absolute Gasteiger partial charge is 0.452 e. The Morgan fingerprint density at radius 2 is 2.05 bits per heavy atom. The average molecular weight is 367 g/mol. The summed E-state index contributed by atoms with van der Waals surface area (Å²) < 4.78 is 32.6. The van der Waals surface area contributed by atoms with Crippen molar-refractivity contribution in [3.63, 3.8) is 0 Å². The van der Waals surface area contributed by atoms with Crippen LogP contribution in [0.25, 0.3) is 0 Å². The number of rotatable bonds is 8. The summed E-state index contributed by atoms with van der Waals surface area (Å²) in [5.74, 6) is 0.609. The number of hydrogen-bond acceptors (Lipinski definition) is 4. The van der Waals surface area contributed by atoms with Gasteiger partial charge in [-0.1, -0.05) is 13.8 Å². The number of furan rings is 1. The Morgan fingerprint density at radius 1 is 1.40 bits per heavy atom. The van der Waals surface area contributed by atoms with Gasteiger partial charge in [-0.2, -0.15) is 4.31 Å². The molecule has 0 radical (unpaired) electrons. The van der Waals surface area contributed by atoms with Crippen LogP contribution in [0.4, 0.5) is 0 Å². The Labute approximate surface area is 129 Å². The molecular weight excluding hydrogens is 344 g/mol. The number of nitrogens with one attached hydrogen (secondary N) is 1. The molecule has 7 heteroatoms. The molecule has 1 rings (SSSR count). The van der Waals surface area contributed by atoms with Gasteiger partial charge in [-0.05, 0) is 42.7 Å². The molecule has 0 saturated heterocycles. The van der Waals surface area contributed by atoms with Gasteiger partial charge >= 0.3 is 0 Å². The van der Waals surface area contributed by atoms with Crippen molar-refractivity contribution in [1.82, 2.24) is 9.62 Å². The first-order valence-corrected chi connectivity index (χ1v) is 9.08. The lowest BCUT2D eigenvalue weighted by molar-refractivity contribution is 0.353. The summed E-state index contributed by atoms with van der Waals surface area (Å²) in [6, 6.07) is 1.51. The molecule has 0 fully saturated rings. The van der Waals surface area contributed by atoms with E-state index in [1.54, 1.807) is 6.07 Å². The molecule has 0 atom stereocenters. The summed E-state index contributed by atoms with van der Waals surface area (Å²) in [7, 11) is -3.53. The lowest BCUT2D eigenvalue weighted by Crippen LogP contribution is -2.37. The van der Waals surface area contributed by atoms with E-state index in [9.17, 15) is 8.42 Å². The van der Waals surface area contributed by atoms with Crippen molar-refractivity contribution < 1.29 is 12.8 Å². The van der Waals surface area contributed by atoms with Gasteiger partial charge in [-0.15, -0.1) is 0 Å². The van der Waals surface area contributed by atoms with Crippen LogP contribution in [-0.4, -0.2) is 31.9 Å². The predicted molar refractivity (Wildman–Crippen MR) is 83.1 cm³/mol. The highest BCUT2D eigenvalue weighted by atomic mass is 79.9. The maximum atomic E-state index is 12.7. The fourth-order valence-corrected chi connectivity index (χ4v) is 4.60. The van der Waals surface area contributed by atoms with Crippen LogP contribution in [-0.2, 0) is 16.6 Å². The van der Waals surface area contributed by atoms with E-state index in [1.807, 2.05) is 27.7 Å². The first kappa shape index (κ1) is 17.7. The third kappa shape index (κ3) is 4.07. The zero-order valence-corrected chi connectivity index (χ0v) is 14.8. The molecule has 0 spiro atoms. The Balaban J connectivity index is 3.10. The van der Waals surface area contributed by atoms with Gasteiger partial charge in [0.05, 0.1) is 6.54 Å². The Bertz CT molecular complexity index is 526. The van der Waals surface area contributed by atoms with Gasteiger partial charge in [0.1, 0.15) is 10.7 Å². The molecule has 5 nitrogen and oxygen atoms in total. The zero-order chi connectivity index (χ0) is 15.3. The molecular formula is C13H23BrN2O3S. The van der Waals surface area contributed by atoms with E-state index in [-0.39, 0.29) is 15.6 Å². The number of sulfonamides is 1. The molecule has 1 N–H and O–H groups in total. The Morgan fingerprint density at radius 3 is 2.55 bits per heavy atom. The fraction of sp³-hybridized carbons (Fsp3) is 0.692. The van der Waals surface area contributed by atoms with Crippen molar-refractivity contribution in [2.75, 3.05) is 13.1 Å². The topological polar surface area (TPSA) is 62.6 Å². The zero-order valence-electron chi connectivity index (χ0n) is 12.4. The van der Waals surface area contributed by atoms with Crippen LogP contribution >= 0.6 is 15.9 Å². The van der Waals surface area contributed by atoms with E-state index in [2.05, 4.69) is 21.2 Å². The normalized spacial score (nSPS) is 12.6. The molecule has 0 amide bonds. The summed E-state index contributed by atoms with van der Waals surface area (Å²) in [5.41, 5.74) is 0. The SMILES string of the molecule is CCCN(C(C)C)S(=O)(=O)c1cc(CNCC)oc1Br. The minimum Gasteiger partial charge on any atom is -0.452 e. The van der Waals surface area contributed by atoms with Crippen molar-refractivity contribution >= 4 is 26.0 Å². The molecule has 1 aromatic heterocycles. The smallest absolute Gasteiger partial charge is 0.247 e. The molecule has 0 aliphatic rings. The second-order valence-corrected chi connectivity index (χ2v) is 7.42. The molecule has 0 aliphatic heterocycles. The van der Waals surface area contributed by atoms with E-state index in [1.165, 1.54) is 4.31 Å². The molecule has 116 valence electrons. The summed E-state index contributed by atoms with van der Waals surface area (Å²) in [5, 5.41) is 3.11. The third-order valence-electron chi connectivity index (χ3n) is 2.86. The lowest BCUT2D eigenvalue weighted by atomic mass is 10.4. The third-order valence-corrected chi connectivity index (χ3v) is 5.79. The molecule has 0 unspecified atom stereocenters. The van der Waals surface area contributed by atoms with Crippen LogP contribution in [0.15, 0.2) is 20.0 Å². The van der Waals surface area contributed by atoms with Gasteiger partial charge in [0.25, 0.3) is 0 Å². The van der Waals surface area contributed by atoms with Gasteiger partial charge in [-0.3, -0.25) is 0 Å². The van der Waals surface area contributed by atoms with E-state index >= 15 is 0 Å². The maximum absolute atomic E-state index is 12.7. The number of halogens is 1. The van der Waals surface area contributed by atoms with E-state index in [0.717, 1.165) is 13.0 Å². The standard InChI is InChI=1S/C13H23BrN2O3S/c1-5-7-16(10(3)4)20(17,18)12-8-11(9-15-6-2)19-13(12)14/h8,10,15H,5-7,9H2,1-4H3. The molecule has 0 aliphatic carbocycles. The van der Waals surface area contributed by atoms with E-state index < -0.39 is 10.0 Å². The fourth-order valence-electron chi connectivity index (χ4n) is 1.91. The van der Waals surface area contributed by atoms with Crippen LogP contribution in [0, 0.1) is 0 Å². The number of hydrogen-bond donors (Lipinski definition) is 1. The van der Waals surface area contributed by atoms with Gasteiger partial charge in [0.15, 0.2) is 4.67 Å². The Kier molecular flexibility index (Phi) is 6.71. The van der Waals surface area contributed by atoms with Gasteiger partial charge in [0, 0.05) is 18.7 Å². The summed E-state index contributed by atoms with van der Waals surface area (Å²) >= 11 is 3.21. The van der Waals surface area contributed by atoms with Gasteiger partial charge in [0.2, 0.25) is 10.0 Å². The summed E-state index contributed by atoms with van der Waals surface area (Å²) in [6.45, 7) is 9.51. The second-order valence-electron chi connectivity index (χ2n) is 4.84. The highest BCUT2D eigenvalue weighted by Gasteiger charge is 2.30. The maximum Gasteiger partial charge on any atom is 0.247 e. The highest BCUT2D eigenvalue weighted by molar-refractivity contribution is 9.10. The monoisotopic (exact) mass is 366 g/mol. The van der Waals surface area contributed by atoms with E-state index in [4.69, 9.17) is 4.42 Å². The lowest BCUT2D eigenvalue weighted by Gasteiger charge is -2.24. The summed E-state index contributed by atoms with van der Waals surface area (Å²) in [6.07, 6.45) is 0.775. The Hall–Kier alpha value is -0.370. The minimum absolute atomic E-state index is 0.0843. The summed E-state index contributed by atoms with van der Waals surface area (Å²) in [4.78, 5) is 0.201. The van der Waals surface area contributed by atoms with Crippen molar-refractivity contribution in [1.29, 1.82) is 0 Å². The van der Waals surface area contributed by atoms with Crippen LogP contribution in [0.1, 0.15) is 39.9 Å². The molecule has 0 bridgehead atoms. The van der Waals surface area contributed by atoms with Crippen molar-refractivity contribution in [2.24, 2.45) is 0 Å². The van der Waals surface area contributed by atoms with Crippen molar-refractivity contribution in [3.05, 3.63) is 16.5 Å².